The molecule has 1 fully saturated rings. The second kappa shape index (κ2) is 8.93. The van der Waals surface area contributed by atoms with Crippen molar-refractivity contribution < 1.29 is 33.4 Å². The fraction of sp³-hybridized carbons (Fsp3) is 0.500. The normalized spacial score (nSPS) is 16.2. The van der Waals surface area contributed by atoms with Crippen LogP contribution in [0.25, 0.3) is 0 Å². The first-order valence-corrected chi connectivity index (χ1v) is 9.18. The van der Waals surface area contributed by atoms with Gasteiger partial charge in [0.25, 0.3) is 0 Å². The van der Waals surface area contributed by atoms with Crippen LogP contribution in [0.3, 0.4) is 0 Å². The summed E-state index contributed by atoms with van der Waals surface area (Å²) < 4.78 is 14.8. The average molecular weight is 406 g/mol. The van der Waals surface area contributed by atoms with Gasteiger partial charge in [-0.05, 0) is 51.8 Å². The summed E-state index contributed by atoms with van der Waals surface area (Å²) in [5.74, 6) is -1.78. The molecule has 0 saturated carbocycles. The molecule has 2 amide bonds. The molecule has 1 aromatic rings. The van der Waals surface area contributed by atoms with Crippen LogP contribution in [0, 0.1) is 0 Å². The third-order valence-corrected chi connectivity index (χ3v) is 4.29. The Bertz CT molecular complexity index is 814. The molecule has 1 atom stereocenters. The number of carbonyl (C=O) groups excluding carboxylic acids is 4. The van der Waals surface area contributed by atoms with Crippen LogP contribution in [0.5, 0.6) is 0 Å². The molecule has 9 heteroatoms. The summed E-state index contributed by atoms with van der Waals surface area (Å²) in [6.07, 6.45) is 0.519. The predicted molar refractivity (Wildman–Crippen MR) is 104 cm³/mol. The minimum atomic E-state index is -0.753. The summed E-state index contributed by atoms with van der Waals surface area (Å²) in [5, 5.41) is 2.64. The molecule has 1 aliphatic heterocycles. The second-order valence-electron chi connectivity index (χ2n) is 7.56. The van der Waals surface area contributed by atoms with Gasteiger partial charge in [-0.2, -0.15) is 0 Å². The summed E-state index contributed by atoms with van der Waals surface area (Å²) in [4.78, 5) is 50.5. The van der Waals surface area contributed by atoms with E-state index in [2.05, 4.69) is 10.1 Å². The van der Waals surface area contributed by atoms with Crippen LogP contribution >= 0.6 is 0 Å². The van der Waals surface area contributed by atoms with Gasteiger partial charge in [-0.25, -0.2) is 14.4 Å². The van der Waals surface area contributed by atoms with E-state index in [1.165, 1.54) is 37.3 Å². The molecule has 1 aliphatic rings. The van der Waals surface area contributed by atoms with E-state index >= 15 is 0 Å². The van der Waals surface area contributed by atoms with Gasteiger partial charge in [-0.1, -0.05) is 0 Å². The van der Waals surface area contributed by atoms with Crippen LogP contribution < -0.4 is 5.32 Å². The Balaban J connectivity index is 2.27. The number of hydrogen-bond acceptors (Lipinski definition) is 7. The van der Waals surface area contributed by atoms with Crippen molar-refractivity contribution in [2.24, 2.45) is 0 Å². The summed E-state index contributed by atoms with van der Waals surface area (Å²) >= 11 is 0. The molecule has 158 valence electrons. The van der Waals surface area contributed by atoms with Gasteiger partial charge in [0.2, 0.25) is 5.91 Å². The number of nitrogens with one attached hydrogen (secondary N) is 1. The zero-order valence-electron chi connectivity index (χ0n) is 17.2. The highest BCUT2D eigenvalue weighted by atomic mass is 16.6. The molecule has 29 heavy (non-hydrogen) atoms. The zero-order valence-corrected chi connectivity index (χ0v) is 17.2. The first-order chi connectivity index (χ1) is 13.6. The van der Waals surface area contributed by atoms with Crippen LogP contribution in [-0.4, -0.2) is 61.2 Å². The fourth-order valence-corrected chi connectivity index (χ4v) is 2.97. The Morgan fingerprint density at radius 3 is 2.31 bits per heavy atom. The predicted octanol–water partition coefficient (Wildman–Crippen LogP) is 2.60. The molecule has 0 aliphatic carbocycles. The molecule has 9 nitrogen and oxygen atoms in total. The van der Waals surface area contributed by atoms with E-state index < -0.39 is 35.6 Å². The van der Waals surface area contributed by atoms with Gasteiger partial charge in [-0.3, -0.25) is 9.69 Å². The Morgan fingerprint density at radius 1 is 1.07 bits per heavy atom. The molecule has 0 aromatic heterocycles. The quantitative estimate of drug-likeness (QED) is 0.604. The Hall–Kier alpha value is -3.10. The number of amides is 2. The van der Waals surface area contributed by atoms with E-state index in [1.807, 2.05) is 0 Å². The molecule has 1 saturated heterocycles. The van der Waals surface area contributed by atoms with Crippen molar-refractivity contribution in [3.8, 4) is 0 Å². The first-order valence-electron chi connectivity index (χ1n) is 9.18. The third kappa shape index (κ3) is 5.46. The number of rotatable bonds is 4. The SMILES string of the molecule is COC(=O)c1ccc(C(=O)OC)c(NC(=O)C2CCCN2C(=O)OC(C)(C)C)c1. The first kappa shape index (κ1) is 22.2. The van der Waals surface area contributed by atoms with Crippen LogP contribution in [0.1, 0.15) is 54.3 Å². The maximum Gasteiger partial charge on any atom is 0.410 e. The number of nitrogens with zero attached hydrogens (tertiary/aromatic N) is 1. The second-order valence-corrected chi connectivity index (χ2v) is 7.56. The molecule has 1 unspecified atom stereocenters. The van der Waals surface area contributed by atoms with Crippen molar-refractivity contribution in [3.05, 3.63) is 29.3 Å². The standard InChI is InChI=1S/C20H26N2O7/c1-20(2,3)29-19(26)22-10-6-7-15(22)16(23)21-14-11-12(17(24)27-4)8-9-13(14)18(25)28-5/h8-9,11,15H,6-7,10H2,1-5H3,(H,21,23). The van der Waals surface area contributed by atoms with E-state index in [0.717, 1.165) is 0 Å². The van der Waals surface area contributed by atoms with E-state index in [4.69, 9.17) is 9.47 Å². The van der Waals surface area contributed by atoms with Gasteiger partial charge < -0.3 is 19.5 Å². The summed E-state index contributed by atoms with van der Waals surface area (Å²) in [6, 6.07) is 3.35. The van der Waals surface area contributed by atoms with Gasteiger partial charge >= 0.3 is 18.0 Å². The van der Waals surface area contributed by atoms with Gasteiger partial charge in [0, 0.05) is 6.54 Å². The number of anilines is 1. The lowest BCUT2D eigenvalue weighted by Crippen LogP contribution is -2.45. The maximum atomic E-state index is 12.9. The summed E-state index contributed by atoms with van der Waals surface area (Å²) in [6.45, 7) is 5.63. The van der Waals surface area contributed by atoms with Crippen molar-refractivity contribution in [3.63, 3.8) is 0 Å². The minimum Gasteiger partial charge on any atom is -0.465 e. The fourth-order valence-electron chi connectivity index (χ4n) is 2.97. The molecule has 0 bridgehead atoms. The van der Waals surface area contributed by atoms with Crippen LogP contribution in [0.15, 0.2) is 18.2 Å². The molecule has 0 spiro atoms. The largest absolute Gasteiger partial charge is 0.465 e. The van der Waals surface area contributed by atoms with Crippen molar-refractivity contribution in [2.75, 3.05) is 26.1 Å². The molecule has 1 heterocycles. The lowest BCUT2D eigenvalue weighted by Gasteiger charge is -2.28. The molecule has 0 radical (unpaired) electrons. The van der Waals surface area contributed by atoms with E-state index in [9.17, 15) is 19.2 Å². The number of esters is 2. The van der Waals surface area contributed by atoms with Gasteiger partial charge in [0.1, 0.15) is 11.6 Å². The molecule has 2 rings (SSSR count). The lowest BCUT2D eigenvalue weighted by molar-refractivity contribution is -0.120. The number of likely N-dealkylation sites (tertiary alicyclic amines) is 1. The number of benzene rings is 1. The average Bonchev–Trinajstić information content (AvgIpc) is 3.15. The third-order valence-electron chi connectivity index (χ3n) is 4.29. The number of carbonyl (C=O) groups is 4. The van der Waals surface area contributed by atoms with Crippen LogP contribution in [0.2, 0.25) is 0 Å². The highest BCUT2D eigenvalue weighted by Crippen LogP contribution is 2.24. The lowest BCUT2D eigenvalue weighted by atomic mass is 10.1. The van der Waals surface area contributed by atoms with E-state index in [-0.39, 0.29) is 16.8 Å². The van der Waals surface area contributed by atoms with Crippen LogP contribution in [-0.2, 0) is 19.0 Å². The zero-order chi connectivity index (χ0) is 21.8. The highest BCUT2D eigenvalue weighted by molar-refractivity contribution is 6.05. The molecule has 1 aromatic carbocycles. The summed E-state index contributed by atoms with van der Waals surface area (Å²) in [7, 11) is 2.44. The van der Waals surface area contributed by atoms with Crippen LogP contribution in [0.4, 0.5) is 10.5 Å². The van der Waals surface area contributed by atoms with Crippen molar-refractivity contribution in [2.45, 2.75) is 45.3 Å². The van der Waals surface area contributed by atoms with Gasteiger partial charge in [-0.15, -0.1) is 0 Å². The monoisotopic (exact) mass is 406 g/mol. The molecular weight excluding hydrogens is 380 g/mol. The molecular formula is C20H26N2O7. The minimum absolute atomic E-state index is 0.0790. The van der Waals surface area contributed by atoms with Crippen molar-refractivity contribution in [1.82, 2.24) is 4.90 Å². The Morgan fingerprint density at radius 2 is 1.72 bits per heavy atom. The van der Waals surface area contributed by atoms with Gasteiger partial charge in [0.05, 0.1) is 31.0 Å². The van der Waals surface area contributed by atoms with Gasteiger partial charge in [0.15, 0.2) is 0 Å². The van der Waals surface area contributed by atoms with Crippen molar-refractivity contribution >= 4 is 29.6 Å². The smallest absolute Gasteiger partial charge is 0.410 e. The number of methoxy groups -OCH3 is 2. The van der Waals surface area contributed by atoms with E-state index in [1.54, 1.807) is 20.8 Å². The maximum absolute atomic E-state index is 12.9. The molecule has 1 N–H and O–H groups in total. The topological polar surface area (TPSA) is 111 Å². The number of ether oxygens (including phenoxy) is 3. The number of hydrogen-bond donors (Lipinski definition) is 1. The Kier molecular flexibility index (Phi) is 6.84. The van der Waals surface area contributed by atoms with E-state index in [0.29, 0.717) is 19.4 Å². The highest BCUT2D eigenvalue weighted by Gasteiger charge is 2.37. The Labute approximate surface area is 169 Å². The van der Waals surface area contributed by atoms with Crippen molar-refractivity contribution in [1.29, 1.82) is 0 Å². The summed E-state index contributed by atoms with van der Waals surface area (Å²) in [5.41, 5.74) is -0.352.